The summed E-state index contributed by atoms with van der Waals surface area (Å²) in [6.07, 6.45) is 0.172. The van der Waals surface area contributed by atoms with Crippen molar-refractivity contribution < 1.29 is 14.6 Å². The van der Waals surface area contributed by atoms with E-state index in [-0.39, 0.29) is 17.8 Å². The summed E-state index contributed by atoms with van der Waals surface area (Å²) in [6, 6.07) is 6.13. The number of ether oxygens (including phenoxy) is 1. The van der Waals surface area contributed by atoms with E-state index in [0.29, 0.717) is 18.7 Å². The van der Waals surface area contributed by atoms with E-state index in [0.717, 1.165) is 0 Å². The predicted molar refractivity (Wildman–Crippen MR) is 61.5 cm³/mol. The van der Waals surface area contributed by atoms with Crippen LogP contribution in [-0.2, 0) is 4.74 Å². The van der Waals surface area contributed by atoms with Gasteiger partial charge in [0.15, 0.2) is 0 Å². The van der Waals surface area contributed by atoms with Gasteiger partial charge in [-0.25, -0.2) is 0 Å². The molecule has 0 atom stereocenters. The van der Waals surface area contributed by atoms with E-state index >= 15 is 0 Å². The average molecular weight is 223 g/mol. The highest BCUT2D eigenvalue weighted by Gasteiger charge is 2.04. The molecule has 1 aromatic carbocycles. The first-order valence-electron chi connectivity index (χ1n) is 5.28. The lowest BCUT2D eigenvalue weighted by Gasteiger charge is -2.08. The Morgan fingerprint density at radius 2 is 2.00 bits per heavy atom. The van der Waals surface area contributed by atoms with Crippen molar-refractivity contribution in [3.63, 3.8) is 0 Å². The summed E-state index contributed by atoms with van der Waals surface area (Å²) in [5, 5.41) is 11.8. The highest BCUT2D eigenvalue weighted by molar-refractivity contribution is 5.94. The summed E-state index contributed by atoms with van der Waals surface area (Å²) >= 11 is 0. The molecule has 0 radical (unpaired) electrons. The Kier molecular flexibility index (Phi) is 4.79. The second-order valence-corrected chi connectivity index (χ2v) is 3.72. The van der Waals surface area contributed by atoms with Crippen LogP contribution in [0.3, 0.4) is 0 Å². The number of phenols is 1. The SMILES string of the molecule is CC(C)OCCNC(=O)c1ccc(O)cc1. The number of rotatable bonds is 5. The molecule has 0 unspecified atom stereocenters. The van der Waals surface area contributed by atoms with Gasteiger partial charge in [-0.1, -0.05) is 0 Å². The fraction of sp³-hybridized carbons (Fsp3) is 0.417. The summed E-state index contributed by atoms with van der Waals surface area (Å²) in [6.45, 7) is 4.88. The number of benzene rings is 1. The molecule has 16 heavy (non-hydrogen) atoms. The van der Waals surface area contributed by atoms with E-state index in [9.17, 15) is 4.79 Å². The lowest BCUT2D eigenvalue weighted by molar-refractivity contribution is 0.0746. The van der Waals surface area contributed by atoms with Gasteiger partial charge in [0, 0.05) is 12.1 Å². The van der Waals surface area contributed by atoms with Crippen LogP contribution in [0.1, 0.15) is 24.2 Å². The molecule has 0 saturated heterocycles. The summed E-state index contributed by atoms with van der Waals surface area (Å²) in [7, 11) is 0. The molecule has 0 aliphatic rings. The minimum absolute atomic E-state index is 0.152. The Morgan fingerprint density at radius 1 is 1.38 bits per heavy atom. The standard InChI is InChI=1S/C12H17NO3/c1-9(2)16-8-7-13-12(15)10-3-5-11(14)6-4-10/h3-6,9,14H,7-8H2,1-2H3,(H,13,15). The van der Waals surface area contributed by atoms with Crippen molar-refractivity contribution >= 4 is 5.91 Å². The van der Waals surface area contributed by atoms with Crippen LogP contribution in [0, 0.1) is 0 Å². The van der Waals surface area contributed by atoms with Gasteiger partial charge < -0.3 is 15.2 Å². The maximum atomic E-state index is 11.6. The van der Waals surface area contributed by atoms with E-state index in [2.05, 4.69) is 5.32 Å². The molecule has 1 aromatic rings. The minimum Gasteiger partial charge on any atom is -0.508 e. The van der Waals surface area contributed by atoms with Gasteiger partial charge >= 0.3 is 0 Å². The Bertz CT molecular complexity index is 333. The van der Waals surface area contributed by atoms with Crippen LogP contribution in [0.15, 0.2) is 24.3 Å². The second kappa shape index (κ2) is 6.12. The molecular weight excluding hydrogens is 206 g/mol. The normalized spacial score (nSPS) is 10.4. The highest BCUT2D eigenvalue weighted by Crippen LogP contribution is 2.09. The molecule has 0 fully saturated rings. The molecule has 1 amide bonds. The average Bonchev–Trinajstić information content (AvgIpc) is 2.25. The first-order valence-corrected chi connectivity index (χ1v) is 5.28. The van der Waals surface area contributed by atoms with Crippen LogP contribution >= 0.6 is 0 Å². The van der Waals surface area contributed by atoms with Gasteiger partial charge in [-0.3, -0.25) is 4.79 Å². The summed E-state index contributed by atoms with van der Waals surface area (Å²) < 4.78 is 5.29. The molecule has 4 heteroatoms. The summed E-state index contributed by atoms with van der Waals surface area (Å²) in [4.78, 5) is 11.6. The first-order chi connectivity index (χ1) is 7.59. The van der Waals surface area contributed by atoms with Crippen molar-refractivity contribution in [3.8, 4) is 5.75 Å². The van der Waals surface area contributed by atoms with Gasteiger partial charge in [0.1, 0.15) is 5.75 Å². The maximum absolute atomic E-state index is 11.6. The number of carbonyl (C=O) groups excluding carboxylic acids is 1. The van der Waals surface area contributed by atoms with Crippen molar-refractivity contribution in [3.05, 3.63) is 29.8 Å². The molecule has 0 aliphatic carbocycles. The third kappa shape index (κ3) is 4.31. The quantitative estimate of drug-likeness (QED) is 0.744. The van der Waals surface area contributed by atoms with Crippen LogP contribution in [0.5, 0.6) is 5.75 Å². The lowest BCUT2D eigenvalue weighted by Crippen LogP contribution is -2.27. The third-order valence-corrected chi connectivity index (χ3v) is 1.97. The van der Waals surface area contributed by atoms with E-state index in [1.165, 1.54) is 12.1 Å². The molecular formula is C12H17NO3. The van der Waals surface area contributed by atoms with E-state index in [4.69, 9.17) is 9.84 Å². The topological polar surface area (TPSA) is 58.6 Å². The van der Waals surface area contributed by atoms with Crippen molar-refractivity contribution in [2.24, 2.45) is 0 Å². The molecule has 0 heterocycles. The predicted octanol–water partition coefficient (Wildman–Crippen LogP) is 1.55. The Hall–Kier alpha value is -1.55. The molecule has 0 aliphatic heterocycles. The monoisotopic (exact) mass is 223 g/mol. The molecule has 0 aromatic heterocycles. The van der Waals surface area contributed by atoms with E-state index in [1.807, 2.05) is 13.8 Å². The third-order valence-electron chi connectivity index (χ3n) is 1.97. The lowest BCUT2D eigenvalue weighted by atomic mass is 10.2. The highest BCUT2D eigenvalue weighted by atomic mass is 16.5. The summed E-state index contributed by atoms with van der Waals surface area (Å²) in [5.41, 5.74) is 0.530. The van der Waals surface area contributed by atoms with Gasteiger partial charge in [-0.05, 0) is 38.1 Å². The molecule has 0 spiro atoms. The van der Waals surface area contributed by atoms with Crippen LogP contribution in [0.4, 0.5) is 0 Å². The van der Waals surface area contributed by atoms with Crippen LogP contribution in [0.25, 0.3) is 0 Å². The molecule has 4 nitrogen and oxygen atoms in total. The van der Waals surface area contributed by atoms with Crippen molar-refractivity contribution in [1.29, 1.82) is 0 Å². The zero-order valence-corrected chi connectivity index (χ0v) is 9.56. The molecule has 88 valence electrons. The number of phenolic OH excluding ortho intramolecular Hbond substituents is 1. The molecule has 2 N–H and O–H groups in total. The zero-order chi connectivity index (χ0) is 12.0. The van der Waals surface area contributed by atoms with Crippen LogP contribution in [0.2, 0.25) is 0 Å². The van der Waals surface area contributed by atoms with Crippen molar-refractivity contribution in [1.82, 2.24) is 5.32 Å². The van der Waals surface area contributed by atoms with Crippen molar-refractivity contribution in [2.45, 2.75) is 20.0 Å². The van der Waals surface area contributed by atoms with E-state index < -0.39 is 0 Å². The molecule has 0 bridgehead atoms. The zero-order valence-electron chi connectivity index (χ0n) is 9.56. The fourth-order valence-electron chi connectivity index (χ4n) is 1.17. The van der Waals surface area contributed by atoms with Crippen LogP contribution in [-0.4, -0.2) is 30.3 Å². The molecule has 0 saturated carbocycles. The van der Waals surface area contributed by atoms with Gasteiger partial charge in [0.25, 0.3) is 5.91 Å². The fourth-order valence-corrected chi connectivity index (χ4v) is 1.17. The first kappa shape index (κ1) is 12.5. The van der Waals surface area contributed by atoms with Gasteiger partial charge in [-0.2, -0.15) is 0 Å². The largest absolute Gasteiger partial charge is 0.508 e. The smallest absolute Gasteiger partial charge is 0.251 e. The second-order valence-electron chi connectivity index (χ2n) is 3.72. The Balaban J connectivity index is 2.32. The van der Waals surface area contributed by atoms with Gasteiger partial charge in [0.2, 0.25) is 0 Å². The number of hydrogen-bond acceptors (Lipinski definition) is 3. The van der Waals surface area contributed by atoms with Gasteiger partial charge in [-0.15, -0.1) is 0 Å². The maximum Gasteiger partial charge on any atom is 0.251 e. The Labute approximate surface area is 95.2 Å². The number of hydrogen-bond donors (Lipinski definition) is 2. The van der Waals surface area contributed by atoms with Crippen molar-refractivity contribution in [2.75, 3.05) is 13.2 Å². The summed E-state index contributed by atoms with van der Waals surface area (Å²) in [5.74, 6) is -0.00736. The van der Waals surface area contributed by atoms with Gasteiger partial charge in [0.05, 0.1) is 12.7 Å². The number of aromatic hydroxyl groups is 1. The Morgan fingerprint density at radius 3 is 2.56 bits per heavy atom. The van der Waals surface area contributed by atoms with E-state index in [1.54, 1.807) is 12.1 Å². The number of nitrogens with one attached hydrogen (secondary N) is 1. The van der Waals surface area contributed by atoms with Crippen LogP contribution < -0.4 is 5.32 Å². The number of carbonyl (C=O) groups is 1. The number of amides is 1. The molecule has 1 rings (SSSR count). The minimum atomic E-state index is -0.160.